The molecule has 2 aliphatic heterocycles. The monoisotopic (exact) mass is 313 g/mol. The number of rotatable bonds is 2. The molecule has 3 atom stereocenters. The second-order valence-electron chi connectivity index (χ2n) is 5.84. The molecule has 0 spiro atoms. The van der Waals surface area contributed by atoms with Crippen LogP contribution in [0.5, 0.6) is 0 Å². The highest BCUT2D eigenvalue weighted by atomic mass is 79.9. The van der Waals surface area contributed by atoms with Crippen LogP contribution < -0.4 is 0 Å². The quantitative estimate of drug-likeness (QED) is 0.909. The highest BCUT2D eigenvalue weighted by Gasteiger charge is 2.48. The summed E-state index contributed by atoms with van der Waals surface area (Å²) in [5.74, 6) is 0.344. The van der Waals surface area contributed by atoms with E-state index in [1.54, 1.807) is 0 Å². The van der Waals surface area contributed by atoms with Gasteiger partial charge in [-0.25, -0.2) is 0 Å². The summed E-state index contributed by atoms with van der Waals surface area (Å²) in [6.07, 6.45) is 3.72. The van der Waals surface area contributed by atoms with Crippen molar-refractivity contribution >= 4 is 15.9 Å². The summed E-state index contributed by atoms with van der Waals surface area (Å²) < 4.78 is 2.91. The van der Waals surface area contributed by atoms with Crippen molar-refractivity contribution in [2.24, 2.45) is 5.92 Å². The first-order valence-electron chi connectivity index (χ1n) is 6.70. The Kier molecular flexibility index (Phi) is 3.03. The highest BCUT2D eigenvalue weighted by Crippen LogP contribution is 2.45. The standard InChI is InChI=1S/C13H20BrN3O/c1-9(2)17-12(11(14)7-15-17)13(18)4-6-16-5-3-10(13)8-16/h7,9-10,18H,3-6,8H2,1-2H3. The molecule has 2 bridgehead atoms. The average Bonchev–Trinajstić information content (AvgIpc) is 2.90. The zero-order valence-electron chi connectivity index (χ0n) is 10.9. The van der Waals surface area contributed by atoms with Crippen molar-refractivity contribution in [3.8, 4) is 0 Å². The van der Waals surface area contributed by atoms with E-state index >= 15 is 0 Å². The summed E-state index contributed by atoms with van der Waals surface area (Å²) in [5, 5.41) is 15.6. The van der Waals surface area contributed by atoms with Crippen LogP contribution in [-0.2, 0) is 5.60 Å². The second kappa shape index (κ2) is 4.32. The molecule has 3 heterocycles. The molecular weight excluding hydrogens is 294 g/mol. The van der Waals surface area contributed by atoms with Crippen molar-refractivity contribution in [1.82, 2.24) is 14.7 Å². The number of aliphatic hydroxyl groups is 1. The Balaban J connectivity index is 2.05. The topological polar surface area (TPSA) is 41.3 Å². The van der Waals surface area contributed by atoms with Crippen molar-refractivity contribution in [2.45, 2.75) is 38.3 Å². The maximum atomic E-state index is 11.2. The van der Waals surface area contributed by atoms with Gasteiger partial charge in [0.05, 0.1) is 16.4 Å². The predicted molar refractivity (Wildman–Crippen MR) is 73.4 cm³/mol. The Bertz CT molecular complexity index is 459. The lowest BCUT2D eigenvalue weighted by Crippen LogP contribution is -2.45. The molecule has 0 aromatic carbocycles. The summed E-state index contributed by atoms with van der Waals surface area (Å²) in [5.41, 5.74) is 0.260. The van der Waals surface area contributed by atoms with E-state index in [0.29, 0.717) is 5.92 Å². The van der Waals surface area contributed by atoms with Crippen molar-refractivity contribution in [3.63, 3.8) is 0 Å². The minimum atomic E-state index is -0.716. The van der Waals surface area contributed by atoms with E-state index in [2.05, 4.69) is 39.8 Å². The number of fused-ring (bicyclic) bond motifs is 2. The molecule has 3 unspecified atom stereocenters. The molecule has 0 amide bonds. The van der Waals surface area contributed by atoms with Crippen molar-refractivity contribution in [3.05, 3.63) is 16.4 Å². The Labute approximate surface area is 116 Å². The first-order valence-corrected chi connectivity index (χ1v) is 7.50. The smallest absolute Gasteiger partial charge is 0.113 e. The zero-order valence-corrected chi connectivity index (χ0v) is 12.5. The summed E-state index contributed by atoms with van der Waals surface area (Å²) in [7, 11) is 0. The molecule has 18 heavy (non-hydrogen) atoms. The van der Waals surface area contributed by atoms with E-state index in [4.69, 9.17) is 0 Å². The van der Waals surface area contributed by atoms with E-state index in [-0.39, 0.29) is 6.04 Å². The summed E-state index contributed by atoms with van der Waals surface area (Å²) in [4.78, 5) is 2.45. The van der Waals surface area contributed by atoms with Gasteiger partial charge in [-0.05, 0) is 49.2 Å². The van der Waals surface area contributed by atoms with Gasteiger partial charge in [0.15, 0.2) is 0 Å². The van der Waals surface area contributed by atoms with Gasteiger partial charge in [0.2, 0.25) is 0 Å². The summed E-state index contributed by atoms with van der Waals surface area (Å²) in [6, 6.07) is 0.273. The van der Waals surface area contributed by atoms with Gasteiger partial charge in [0, 0.05) is 25.0 Å². The van der Waals surface area contributed by atoms with Gasteiger partial charge in [-0.15, -0.1) is 0 Å². The van der Waals surface area contributed by atoms with Crippen LogP contribution in [0.15, 0.2) is 10.7 Å². The van der Waals surface area contributed by atoms with E-state index < -0.39 is 5.60 Å². The number of nitrogens with zero attached hydrogens (tertiary/aromatic N) is 3. The molecule has 1 aromatic rings. The molecule has 2 aliphatic rings. The van der Waals surface area contributed by atoms with E-state index in [9.17, 15) is 5.11 Å². The van der Waals surface area contributed by atoms with Gasteiger partial charge in [-0.3, -0.25) is 4.68 Å². The fourth-order valence-electron chi connectivity index (χ4n) is 3.41. The van der Waals surface area contributed by atoms with Gasteiger partial charge < -0.3 is 10.0 Å². The molecule has 0 saturated carbocycles. The summed E-state index contributed by atoms with van der Waals surface area (Å²) >= 11 is 3.57. The van der Waals surface area contributed by atoms with Crippen LogP contribution in [-0.4, -0.2) is 39.4 Å². The van der Waals surface area contributed by atoms with E-state index in [1.807, 2.05) is 10.9 Å². The molecular formula is C13H20BrN3O. The molecule has 2 saturated heterocycles. The number of hydrogen-bond donors (Lipinski definition) is 1. The van der Waals surface area contributed by atoms with Crippen LogP contribution in [0.1, 0.15) is 38.4 Å². The molecule has 2 fully saturated rings. The zero-order chi connectivity index (χ0) is 12.9. The van der Waals surface area contributed by atoms with Crippen LogP contribution in [0.25, 0.3) is 0 Å². The first kappa shape index (κ1) is 12.6. The van der Waals surface area contributed by atoms with Gasteiger partial charge >= 0.3 is 0 Å². The average molecular weight is 314 g/mol. The first-order chi connectivity index (χ1) is 8.52. The fourth-order valence-corrected chi connectivity index (χ4v) is 4.02. The fraction of sp³-hybridized carbons (Fsp3) is 0.769. The predicted octanol–water partition coefficient (Wildman–Crippen LogP) is 2.14. The maximum Gasteiger partial charge on any atom is 0.113 e. The lowest BCUT2D eigenvalue weighted by molar-refractivity contribution is -0.0583. The molecule has 0 aliphatic carbocycles. The number of halogens is 1. The van der Waals surface area contributed by atoms with Gasteiger partial charge in [-0.1, -0.05) is 0 Å². The highest BCUT2D eigenvalue weighted by molar-refractivity contribution is 9.10. The maximum absolute atomic E-state index is 11.2. The minimum Gasteiger partial charge on any atom is -0.383 e. The number of hydrogen-bond acceptors (Lipinski definition) is 3. The Morgan fingerprint density at radius 2 is 2.28 bits per heavy atom. The van der Waals surface area contributed by atoms with Gasteiger partial charge in [0.1, 0.15) is 5.60 Å². The van der Waals surface area contributed by atoms with Crippen molar-refractivity contribution in [1.29, 1.82) is 0 Å². The normalized spacial score (nSPS) is 35.4. The molecule has 100 valence electrons. The summed E-state index contributed by atoms with van der Waals surface area (Å²) in [6.45, 7) is 7.35. The van der Waals surface area contributed by atoms with Crippen LogP contribution in [0.3, 0.4) is 0 Å². The third kappa shape index (κ3) is 1.75. The number of piperidine rings is 1. The SMILES string of the molecule is CC(C)n1ncc(Br)c1C1(O)CCN2CCC1C2. The lowest BCUT2D eigenvalue weighted by Gasteiger charge is -2.39. The molecule has 5 heteroatoms. The Morgan fingerprint density at radius 3 is 3.00 bits per heavy atom. The third-order valence-corrected chi connectivity index (χ3v) is 4.99. The van der Waals surface area contributed by atoms with E-state index in [1.165, 1.54) is 0 Å². The lowest BCUT2D eigenvalue weighted by atomic mass is 9.79. The van der Waals surface area contributed by atoms with Crippen molar-refractivity contribution < 1.29 is 5.11 Å². The van der Waals surface area contributed by atoms with Crippen LogP contribution in [0.2, 0.25) is 0 Å². The van der Waals surface area contributed by atoms with Gasteiger partial charge in [-0.2, -0.15) is 5.10 Å². The molecule has 1 N–H and O–H groups in total. The molecule has 1 aromatic heterocycles. The molecule has 3 rings (SSSR count). The van der Waals surface area contributed by atoms with Crippen LogP contribution in [0.4, 0.5) is 0 Å². The molecule has 4 nitrogen and oxygen atoms in total. The number of aromatic nitrogens is 2. The molecule has 0 radical (unpaired) electrons. The van der Waals surface area contributed by atoms with E-state index in [0.717, 1.165) is 42.6 Å². The third-order valence-electron chi connectivity index (χ3n) is 4.41. The second-order valence-corrected chi connectivity index (χ2v) is 6.69. The van der Waals surface area contributed by atoms with Crippen LogP contribution >= 0.6 is 15.9 Å². The van der Waals surface area contributed by atoms with Gasteiger partial charge in [0.25, 0.3) is 0 Å². The van der Waals surface area contributed by atoms with Crippen LogP contribution in [0, 0.1) is 5.92 Å². The van der Waals surface area contributed by atoms with Crippen molar-refractivity contribution in [2.75, 3.05) is 19.6 Å². The minimum absolute atomic E-state index is 0.273. The Hall–Kier alpha value is -0.390. The largest absolute Gasteiger partial charge is 0.383 e. The Morgan fingerprint density at radius 1 is 1.50 bits per heavy atom.